The maximum atomic E-state index is 11.9. The first kappa shape index (κ1) is 14.9. The van der Waals surface area contributed by atoms with Crippen molar-refractivity contribution in [1.29, 1.82) is 0 Å². The summed E-state index contributed by atoms with van der Waals surface area (Å²) in [5, 5.41) is 5.53. The van der Waals surface area contributed by atoms with Crippen LogP contribution in [0.25, 0.3) is 0 Å². The van der Waals surface area contributed by atoms with Gasteiger partial charge >= 0.3 is 0 Å². The minimum atomic E-state index is -0.139. The summed E-state index contributed by atoms with van der Waals surface area (Å²) >= 11 is 0. The molecule has 0 rings (SSSR count). The lowest BCUT2D eigenvalue weighted by molar-refractivity contribution is -0.132. The molecule has 0 bridgehead atoms. The van der Waals surface area contributed by atoms with E-state index in [1.54, 1.807) is 26.0 Å². The summed E-state index contributed by atoms with van der Waals surface area (Å²) in [4.78, 5) is 24.5. The van der Waals surface area contributed by atoms with Crippen molar-refractivity contribution in [3.63, 3.8) is 0 Å². The van der Waals surface area contributed by atoms with E-state index in [0.29, 0.717) is 13.0 Å². The number of nitrogens with zero attached hydrogens (tertiary/aromatic N) is 1. The van der Waals surface area contributed by atoms with Gasteiger partial charge in [-0.3, -0.25) is 9.59 Å². The highest BCUT2D eigenvalue weighted by molar-refractivity contribution is 5.82. The van der Waals surface area contributed by atoms with Crippen molar-refractivity contribution in [3.8, 4) is 0 Å². The van der Waals surface area contributed by atoms with E-state index in [1.807, 2.05) is 6.92 Å². The van der Waals surface area contributed by atoms with Gasteiger partial charge in [-0.25, -0.2) is 0 Å². The summed E-state index contributed by atoms with van der Waals surface area (Å²) < 4.78 is 0. The van der Waals surface area contributed by atoms with Crippen LogP contribution in [0, 0.1) is 0 Å². The molecule has 0 saturated carbocycles. The van der Waals surface area contributed by atoms with Gasteiger partial charge in [0.1, 0.15) is 0 Å². The van der Waals surface area contributed by atoms with Crippen molar-refractivity contribution in [2.75, 3.05) is 27.7 Å². The van der Waals surface area contributed by atoms with Crippen LogP contribution in [0.2, 0.25) is 0 Å². The lowest BCUT2D eigenvalue weighted by atomic mass is 10.1. The van der Waals surface area contributed by atoms with Gasteiger partial charge in [0.05, 0.1) is 6.04 Å². The van der Waals surface area contributed by atoms with Crippen LogP contribution < -0.4 is 10.6 Å². The van der Waals surface area contributed by atoms with Crippen molar-refractivity contribution in [3.05, 3.63) is 0 Å². The molecule has 1 unspecified atom stereocenters. The zero-order valence-electron chi connectivity index (χ0n) is 10.7. The molecule has 94 valence electrons. The monoisotopic (exact) mass is 229 g/mol. The second-order valence-corrected chi connectivity index (χ2v) is 3.81. The quantitative estimate of drug-likeness (QED) is 0.644. The van der Waals surface area contributed by atoms with Gasteiger partial charge in [0.25, 0.3) is 0 Å². The average Bonchev–Trinajstić information content (AvgIpc) is 2.31. The molecule has 0 radical (unpaired) electrons. The summed E-state index contributed by atoms with van der Waals surface area (Å²) in [6.07, 6.45) is 2.13. The number of hydrogen-bond donors (Lipinski definition) is 2. The van der Waals surface area contributed by atoms with E-state index in [-0.39, 0.29) is 17.9 Å². The Morgan fingerprint density at radius 1 is 1.31 bits per heavy atom. The Hall–Kier alpha value is -1.10. The predicted molar refractivity (Wildman–Crippen MR) is 64.1 cm³/mol. The van der Waals surface area contributed by atoms with Crippen LogP contribution in [-0.4, -0.2) is 50.4 Å². The first-order valence-corrected chi connectivity index (χ1v) is 5.69. The number of likely N-dealkylation sites (N-methyl/N-ethyl adjacent to an activating group) is 2. The van der Waals surface area contributed by atoms with Crippen LogP contribution in [0.15, 0.2) is 0 Å². The summed E-state index contributed by atoms with van der Waals surface area (Å²) in [5.41, 5.74) is 0. The molecule has 0 aromatic heterocycles. The summed E-state index contributed by atoms with van der Waals surface area (Å²) in [6, 6.07) is -0.139. The van der Waals surface area contributed by atoms with E-state index in [2.05, 4.69) is 10.6 Å². The Morgan fingerprint density at radius 3 is 2.38 bits per heavy atom. The third kappa shape index (κ3) is 5.11. The molecule has 1 atom stereocenters. The number of amides is 2. The molecule has 2 amide bonds. The minimum absolute atomic E-state index is 0.0452. The Bertz CT molecular complexity index is 231. The highest BCUT2D eigenvalue weighted by Crippen LogP contribution is 2.01. The third-order valence-electron chi connectivity index (χ3n) is 2.55. The van der Waals surface area contributed by atoms with E-state index in [9.17, 15) is 9.59 Å². The molecular weight excluding hydrogens is 206 g/mol. The van der Waals surface area contributed by atoms with Crippen molar-refractivity contribution in [2.45, 2.75) is 32.2 Å². The second-order valence-electron chi connectivity index (χ2n) is 3.81. The van der Waals surface area contributed by atoms with E-state index in [0.717, 1.165) is 12.8 Å². The van der Waals surface area contributed by atoms with Crippen molar-refractivity contribution in [2.24, 2.45) is 0 Å². The Balaban J connectivity index is 4.09. The van der Waals surface area contributed by atoms with Gasteiger partial charge in [-0.15, -0.1) is 0 Å². The number of rotatable bonds is 7. The molecule has 0 spiro atoms. The molecule has 0 fully saturated rings. The van der Waals surface area contributed by atoms with Gasteiger partial charge in [0, 0.05) is 27.1 Å². The van der Waals surface area contributed by atoms with Crippen LogP contribution in [0.4, 0.5) is 0 Å². The fraction of sp³-hybridized carbons (Fsp3) is 0.818. The lowest BCUT2D eigenvalue weighted by Gasteiger charge is -2.22. The standard InChI is InChI=1S/C11H23N3O2/c1-5-6-9(12-2)11(16)14(4)8-7-10(15)13-3/h9,12H,5-8H2,1-4H3,(H,13,15). The lowest BCUT2D eigenvalue weighted by Crippen LogP contribution is -2.44. The van der Waals surface area contributed by atoms with Crippen LogP contribution >= 0.6 is 0 Å². The number of carbonyl (C=O) groups excluding carboxylic acids is 2. The van der Waals surface area contributed by atoms with Crippen LogP contribution in [0.3, 0.4) is 0 Å². The molecule has 5 nitrogen and oxygen atoms in total. The van der Waals surface area contributed by atoms with Gasteiger partial charge in [-0.05, 0) is 13.5 Å². The average molecular weight is 229 g/mol. The fourth-order valence-electron chi connectivity index (χ4n) is 1.45. The van der Waals surface area contributed by atoms with Gasteiger partial charge in [0.2, 0.25) is 11.8 Å². The highest BCUT2D eigenvalue weighted by atomic mass is 16.2. The van der Waals surface area contributed by atoms with Gasteiger partial charge < -0.3 is 15.5 Å². The first-order chi connectivity index (χ1) is 7.56. The largest absolute Gasteiger partial charge is 0.359 e. The number of carbonyl (C=O) groups is 2. The summed E-state index contributed by atoms with van der Waals surface area (Å²) in [6.45, 7) is 2.50. The smallest absolute Gasteiger partial charge is 0.239 e. The number of hydrogen-bond acceptors (Lipinski definition) is 3. The Labute approximate surface area is 97.6 Å². The second kappa shape index (κ2) is 8.10. The van der Waals surface area contributed by atoms with E-state index in [1.165, 1.54) is 0 Å². The Kier molecular flexibility index (Phi) is 7.54. The van der Waals surface area contributed by atoms with Gasteiger partial charge in [0.15, 0.2) is 0 Å². The molecule has 0 aromatic carbocycles. The molecule has 0 aliphatic rings. The molecular formula is C11H23N3O2. The van der Waals surface area contributed by atoms with Crippen molar-refractivity contribution >= 4 is 11.8 Å². The van der Waals surface area contributed by atoms with Crippen LogP contribution in [-0.2, 0) is 9.59 Å². The Morgan fingerprint density at radius 2 is 1.94 bits per heavy atom. The summed E-state index contributed by atoms with van der Waals surface area (Å²) in [5.74, 6) is 0.00408. The molecule has 0 aliphatic carbocycles. The predicted octanol–water partition coefficient (Wildman–Crippen LogP) is -0.0310. The topological polar surface area (TPSA) is 61.4 Å². The maximum Gasteiger partial charge on any atom is 0.239 e. The van der Waals surface area contributed by atoms with Crippen molar-refractivity contribution < 1.29 is 9.59 Å². The minimum Gasteiger partial charge on any atom is -0.359 e. The first-order valence-electron chi connectivity index (χ1n) is 5.69. The zero-order valence-corrected chi connectivity index (χ0v) is 10.7. The number of nitrogens with one attached hydrogen (secondary N) is 2. The molecule has 0 heterocycles. The highest BCUT2D eigenvalue weighted by Gasteiger charge is 2.19. The van der Waals surface area contributed by atoms with Gasteiger partial charge in [-0.1, -0.05) is 13.3 Å². The van der Waals surface area contributed by atoms with Crippen molar-refractivity contribution in [1.82, 2.24) is 15.5 Å². The molecule has 0 aliphatic heterocycles. The molecule has 16 heavy (non-hydrogen) atoms. The van der Waals surface area contributed by atoms with Gasteiger partial charge in [-0.2, -0.15) is 0 Å². The molecule has 0 aromatic rings. The fourth-order valence-corrected chi connectivity index (χ4v) is 1.45. The van der Waals surface area contributed by atoms with E-state index in [4.69, 9.17) is 0 Å². The van der Waals surface area contributed by atoms with E-state index >= 15 is 0 Å². The van der Waals surface area contributed by atoms with Crippen LogP contribution in [0.5, 0.6) is 0 Å². The molecule has 0 saturated heterocycles. The normalized spacial score (nSPS) is 12.0. The third-order valence-corrected chi connectivity index (χ3v) is 2.55. The SMILES string of the molecule is CCCC(NC)C(=O)N(C)CCC(=O)NC. The maximum absolute atomic E-state index is 11.9. The summed E-state index contributed by atoms with van der Waals surface area (Å²) in [7, 11) is 5.10. The van der Waals surface area contributed by atoms with Crippen LogP contribution in [0.1, 0.15) is 26.2 Å². The van der Waals surface area contributed by atoms with E-state index < -0.39 is 0 Å². The zero-order chi connectivity index (χ0) is 12.6. The molecule has 5 heteroatoms. The molecule has 2 N–H and O–H groups in total.